The number of rotatable bonds is 6. The first-order valence-corrected chi connectivity index (χ1v) is 8.75. The van der Waals surface area contributed by atoms with Gasteiger partial charge >= 0.3 is 0 Å². The van der Waals surface area contributed by atoms with E-state index in [-0.39, 0.29) is 18.0 Å². The molecule has 2 aromatic rings. The van der Waals surface area contributed by atoms with Crippen LogP contribution in [0.15, 0.2) is 42.7 Å². The normalized spacial score (nSPS) is 17.8. The first-order valence-electron chi connectivity index (χ1n) is 8.34. The average Bonchev–Trinajstić information content (AvgIpc) is 2.92. The minimum Gasteiger partial charge on any atom is -0.493 e. The summed E-state index contributed by atoms with van der Waals surface area (Å²) in [6.45, 7) is 4.16. The van der Waals surface area contributed by atoms with Gasteiger partial charge in [0.05, 0.1) is 13.2 Å². The first kappa shape index (κ1) is 18.1. The summed E-state index contributed by atoms with van der Waals surface area (Å²) in [5.41, 5.74) is 1.94. The molecule has 2 atom stereocenters. The monoisotopic (exact) mass is 371 g/mol. The molecule has 6 nitrogen and oxygen atoms in total. The van der Waals surface area contributed by atoms with Crippen LogP contribution in [0.2, 0.25) is 0 Å². The fourth-order valence-corrected chi connectivity index (χ4v) is 3.27. The summed E-state index contributed by atoms with van der Waals surface area (Å²) in [5.74, 6) is 1.23. The van der Waals surface area contributed by atoms with E-state index in [1.54, 1.807) is 31.3 Å². The topological polar surface area (TPSA) is 63.7 Å². The Morgan fingerprint density at radius 3 is 2.62 bits per heavy atom. The molecule has 1 N–H and O–H groups in total. The van der Waals surface area contributed by atoms with Crippen LogP contribution in [-0.4, -0.2) is 34.1 Å². The van der Waals surface area contributed by atoms with Crippen molar-refractivity contribution in [2.45, 2.75) is 32.5 Å². The lowest BCUT2D eigenvalue weighted by Gasteiger charge is -2.24. The molecule has 7 heteroatoms. The van der Waals surface area contributed by atoms with Gasteiger partial charge in [-0.05, 0) is 61.5 Å². The standard InChI is InChI=1S/C19H21N3O3S/c1-12-18(23)22(19(26)21-12)13(2)15-4-5-16(17(10-15)24-3)25-11-14-6-8-20-9-7-14/h4-10,12-13H,11H2,1-3H3,(H,21,26)/t12-,13+/m1/s1. The lowest BCUT2D eigenvalue weighted by atomic mass is 10.1. The molecule has 0 aliphatic carbocycles. The van der Waals surface area contributed by atoms with Gasteiger partial charge in [-0.1, -0.05) is 6.07 Å². The Bertz CT molecular complexity index is 813. The minimum absolute atomic E-state index is 0.0283. The number of nitrogens with zero attached hydrogens (tertiary/aromatic N) is 2. The molecule has 26 heavy (non-hydrogen) atoms. The van der Waals surface area contributed by atoms with Crippen molar-refractivity contribution in [3.63, 3.8) is 0 Å². The Balaban J connectivity index is 1.78. The van der Waals surface area contributed by atoms with Crippen LogP contribution >= 0.6 is 12.2 Å². The highest BCUT2D eigenvalue weighted by atomic mass is 32.1. The molecule has 1 fully saturated rings. The molecule has 3 rings (SSSR count). The van der Waals surface area contributed by atoms with Crippen LogP contribution in [0.1, 0.15) is 31.0 Å². The maximum absolute atomic E-state index is 12.3. The van der Waals surface area contributed by atoms with Crippen molar-refractivity contribution < 1.29 is 14.3 Å². The van der Waals surface area contributed by atoms with E-state index in [2.05, 4.69) is 10.3 Å². The van der Waals surface area contributed by atoms with Crippen LogP contribution in [0.5, 0.6) is 11.5 Å². The Morgan fingerprint density at radius 2 is 2.00 bits per heavy atom. The number of benzene rings is 1. The molecule has 1 aliphatic rings. The number of methoxy groups -OCH3 is 1. The van der Waals surface area contributed by atoms with Crippen molar-refractivity contribution in [2.75, 3.05) is 7.11 Å². The molecule has 0 unspecified atom stereocenters. The fourth-order valence-electron chi connectivity index (χ4n) is 2.84. The highest BCUT2D eigenvalue weighted by molar-refractivity contribution is 7.80. The van der Waals surface area contributed by atoms with E-state index in [0.29, 0.717) is 23.2 Å². The van der Waals surface area contributed by atoms with E-state index < -0.39 is 0 Å². The third-order valence-corrected chi connectivity index (χ3v) is 4.68. The molecule has 1 aromatic heterocycles. The van der Waals surface area contributed by atoms with Crippen LogP contribution in [0.4, 0.5) is 0 Å². The largest absolute Gasteiger partial charge is 0.493 e. The molecule has 0 spiro atoms. The zero-order chi connectivity index (χ0) is 18.7. The third-order valence-electron chi connectivity index (χ3n) is 4.37. The van der Waals surface area contributed by atoms with E-state index >= 15 is 0 Å². The van der Waals surface area contributed by atoms with Gasteiger partial charge in [-0.2, -0.15) is 0 Å². The summed E-state index contributed by atoms with van der Waals surface area (Å²) in [6.07, 6.45) is 3.46. The second-order valence-electron chi connectivity index (χ2n) is 6.11. The second kappa shape index (κ2) is 7.70. The highest BCUT2D eigenvalue weighted by Gasteiger charge is 2.36. The molecule has 2 heterocycles. The maximum atomic E-state index is 12.3. The number of amides is 1. The molecule has 0 bridgehead atoms. The average molecular weight is 371 g/mol. The Hall–Kier alpha value is -2.67. The van der Waals surface area contributed by atoms with Gasteiger partial charge < -0.3 is 14.8 Å². The zero-order valence-electron chi connectivity index (χ0n) is 14.9. The van der Waals surface area contributed by atoms with Crippen molar-refractivity contribution >= 4 is 23.2 Å². The van der Waals surface area contributed by atoms with Gasteiger partial charge in [0, 0.05) is 12.4 Å². The number of carbonyl (C=O) groups excluding carboxylic acids is 1. The van der Waals surface area contributed by atoms with Gasteiger partial charge in [0.2, 0.25) is 0 Å². The van der Waals surface area contributed by atoms with Crippen molar-refractivity contribution in [1.29, 1.82) is 0 Å². The van der Waals surface area contributed by atoms with E-state index in [9.17, 15) is 4.79 Å². The predicted octanol–water partition coefficient (Wildman–Crippen LogP) is 2.84. The lowest BCUT2D eigenvalue weighted by Crippen LogP contribution is -2.33. The smallest absolute Gasteiger partial charge is 0.251 e. The lowest BCUT2D eigenvalue weighted by molar-refractivity contribution is -0.128. The van der Waals surface area contributed by atoms with Gasteiger partial charge in [0.25, 0.3) is 5.91 Å². The number of pyridine rings is 1. The van der Waals surface area contributed by atoms with E-state index in [1.807, 2.05) is 37.3 Å². The van der Waals surface area contributed by atoms with Crippen molar-refractivity contribution in [3.8, 4) is 11.5 Å². The van der Waals surface area contributed by atoms with Crippen LogP contribution < -0.4 is 14.8 Å². The third kappa shape index (κ3) is 3.62. The van der Waals surface area contributed by atoms with Crippen LogP contribution in [0, 0.1) is 0 Å². The molecular weight excluding hydrogens is 350 g/mol. The second-order valence-corrected chi connectivity index (χ2v) is 6.50. The number of hydrogen-bond acceptors (Lipinski definition) is 5. The van der Waals surface area contributed by atoms with Gasteiger partial charge in [-0.15, -0.1) is 0 Å². The predicted molar refractivity (Wildman–Crippen MR) is 102 cm³/mol. The molecule has 1 aliphatic heterocycles. The Morgan fingerprint density at radius 1 is 1.27 bits per heavy atom. The summed E-state index contributed by atoms with van der Waals surface area (Å²) in [4.78, 5) is 17.9. The number of thiocarbonyl (C=S) groups is 1. The molecule has 0 saturated carbocycles. The summed E-state index contributed by atoms with van der Waals surface area (Å²) < 4.78 is 11.3. The van der Waals surface area contributed by atoms with Crippen molar-refractivity contribution in [2.24, 2.45) is 0 Å². The maximum Gasteiger partial charge on any atom is 0.251 e. The quantitative estimate of drug-likeness (QED) is 0.788. The van der Waals surface area contributed by atoms with Crippen LogP contribution in [-0.2, 0) is 11.4 Å². The zero-order valence-corrected chi connectivity index (χ0v) is 15.7. The number of aromatic nitrogens is 1. The van der Waals surface area contributed by atoms with E-state index in [0.717, 1.165) is 11.1 Å². The SMILES string of the molecule is COc1cc([C@H](C)N2C(=O)[C@@H](C)NC2=S)ccc1OCc1ccncc1. The fraction of sp³-hybridized carbons (Fsp3) is 0.316. The van der Waals surface area contributed by atoms with Crippen molar-refractivity contribution in [1.82, 2.24) is 15.2 Å². The van der Waals surface area contributed by atoms with E-state index in [4.69, 9.17) is 21.7 Å². The first-order chi connectivity index (χ1) is 12.5. The highest BCUT2D eigenvalue weighted by Crippen LogP contribution is 2.33. The Labute approximate surface area is 158 Å². The van der Waals surface area contributed by atoms with E-state index in [1.165, 1.54) is 0 Å². The van der Waals surface area contributed by atoms with Gasteiger partial charge in [0.15, 0.2) is 16.6 Å². The molecule has 0 radical (unpaired) electrons. The molecule has 1 amide bonds. The summed E-state index contributed by atoms with van der Waals surface area (Å²) >= 11 is 5.29. The number of ether oxygens (including phenoxy) is 2. The number of carbonyl (C=O) groups is 1. The van der Waals surface area contributed by atoms with Crippen LogP contribution in [0.25, 0.3) is 0 Å². The van der Waals surface area contributed by atoms with Crippen molar-refractivity contribution in [3.05, 3.63) is 53.9 Å². The molecule has 1 aromatic carbocycles. The van der Waals surface area contributed by atoms with Gasteiger partial charge in [-0.3, -0.25) is 14.7 Å². The number of nitrogens with one attached hydrogen (secondary N) is 1. The van der Waals surface area contributed by atoms with Gasteiger partial charge in [-0.25, -0.2) is 0 Å². The number of hydrogen-bond donors (Lipinski definition) is 1. The summed E-state index contributed by atoms with van der Waals surface area (Å²) in [7, 11) is 1.60. The van der Waals surface area contributed by atoms with Gasteiger partial charge in [0.1, 0.15) is 12.6 Å². The summed E-state index contributed by atoms with van der Waals surface area (Å²) in [5, 5.41) is 3.44. The molecule has 136 valence electrons. The summed E-state index contributed by atoms with van der Waals surface area (Å²) in [6, 6.07) is 8.96. The molecule has 1 saturated heterocycles. The Kier molecular flexibility index (Phi) is 5.37. The molecular formula is C19H21N3O3S. The van der Waals surface area contributed by atoms with Crippen LogP contribution in [0.3, 0.4) is 0 Å². The minimum atomic E-state index is -0.296.